The highest BCUT2D eigenvalue weighted by Gasteiger charge is 2.36. The van der Waals surface area contributed by atoms with Gasteiger partial charge in [0.05, 0.1) is 23.8 Å². The minimum atomic E-state index is -3.60. The third kappa shape index (κ3) is 6.37. The second-order valence-electron chi connectivity index (χ2n) is 7.94. The summed E-state index contributed by atoms with van der Waals surface area (Å²) in [5.74, 6) is -0.286. The first-order chi connectivity index (χ1) is 14.7. The Morgan fingerprint density at radius 2 is 1.87 bits per heavy atom. The number of Topliss-reactive ketones (excluding diaryl/α,β-unsaturated/α-hetero) is 1. The highest BCUT2D eigenvalue weighted by molar-refractivity contribution is 7.86. The quantitative estimate of drug-likeness (QED) is 0.624. The molecule has 31 heavy (non-hydrogen) atoms. The third-order valence-corrected chi connectivity index (χ3v) is 5.90. The van der Waals surface area contributed by atoms with Gasteiger partial charge in [0.1, 0.15) is 5.75 Å². The van der Waals surface area contributed by atoms with Crippen molar-refractivity contribution in [2.75, 3.05) is 19.5 Å². The van der Waals surface area contributed by atoms with Crippen molar-refractivity contribution >= 4 is 15.9 Å². The molecule has 1 aliphatic heterocycles. The average molecular weight is 443 g/mol. The number of ketones is 1. The number of nitrogens with two attached hydrogens (primary N) is 1. The Morgan fingerprint density at radius 1 is 1.19 bits per heavy atom. The van der Waals surface area contributed by atoms with Crippen LogP contribution in [0.4, 0.5) is 0 Å². The zero-order valence-corrected chi connectivity index (χ0v) is 18.2. The van der Waals surface area contributed by atoms with Crippen LogP contribution in [0.15, 0.2) is 48.5 Å². The van der Waals surface area contributed by atoms with E-state index < -0.39 is 21.6 Å². The van der Waals surface area contributed by atoms with Crippen molar-refractivity contribution < 1.29 is 22.1 Å². The van der Waals surface area contributed by atoms with Crippen LogP contribution in [0.25, 0.3) is 11.1 Å². The van der Waals surface area contributed by atoms with Gasteiger partial charge in [0.25, 0.3) is 0 Å². The normalized spacial score (nSPS) is 16.8. The molecule has 1 heterocycles. The Hall–Kier alpha value is -2.73. The standard InChI is InChI=1S/C23H26N2O5S/c1-31(27,28)30-21-4-2-3-20(15-21)19-7-5-17(6-8-19)13-18(16-24)14-22(26)23(25)9-11-29-12-10-23/h2-8,15,18H,9-14,25H2,1H3/t18-/m1/s1. The summed E-state index contributed by atoms with van der Waals surface area (Å²) in [5.41, 5.74) is 7.98. The molecule has 0 radical (unpaired) electrons. The van der Waals surface area contributed by atoms with E-state index in [0.29, 0.717) is 32.5 Å². The molecule has 1 fully saturated rings. The Kier molecular flexibility index (Phi) is 7.11. The highest BCUT2D eigenvalue weighted by Crippen LogP contribution is 2.27. The number of rotatable bonds is 8. The van der Waals surface area contributed by atoms with Crippen LogP contribution in [-0.2, 0) is 26.1 Å². The van der Waals surface area contributed by atoms with E-state index in [-0.39, 0.29) is 18.0 Å². The van der Waals surface area contributed by atoms with E-state index in [2.05, 4.69) is 6.07 Å². The summed E-state index contributed by atoms with van der Waals surface area (Å²) < 4.78 is 32.9. The van der Waals surface area contributed by atoms with E-state index in [1.807, 2.05) is 30.3 Å². The maximum absolute atomic E-state index is 12.7. The molecule has 0 saturated carbocycles. The molecule has 0 unspecified atom stereocenters. The Labute approximate surface area is 182 Å². The first-order valence-corrected chi connectivity index (χ1v) is 11.9. The van der Waals surface area contributed by atoms with E-state index in [0.717, 1.165) is 22.9 Å². The fourth-order valence-electron chi connectivity index (χ4n) is 3.63. The summed E-state index contributed by atoms with van der Waals surface area (Å²) in [6, 6.07) is 16.6. The maximum Gasteiger partial charge on any atom is 0.306 e. The van der Waals surface area contributed by atoms with E-state index in [1.165, 1.54) is 0 Å². The number of carbonyl (C=O) groups is 1. The third-order valence-electron chi connectivity index (χ3n) is 5.41. The van der Waals surface area contributed by atoms with Crippen LogP contribution < -0.4 is 9.92 Å². The van der Waals surface area contributed by atoms with E-state index >= 15 is 0 Å². The van der Waals surface area contributed by atoms with Gasteiger partial charge >= 0.3 is 10.1 Å². The van der Waals surface area contributed by atoms with Crippen LogP contribution in [0.1, 0.15) is 24.8 Å². The molecule has 0 aliphatic carbocycles. The first-order valence-electron chi connectivity index (χ1n) is 10.1. The number of ether oxygens (including phenoxy) is 1. The van der Waals surface area contributed by atoms with Crippen LogP contribution >= 0.6 is 0 Å². The van der Waals surface area contributed by atoms with Crippen LogP contribution in [0.5, 0.6) is 5.75 Å². The van der Waals surface area contributed by atoms with Gasteiger partial charge in [0.2, 0.25) is 0 Å². The van der Waals surface area contributed by atoms with Gasteiger partial charge < -0.3 is 14.7 Å². The topological polar surface area (TPSA) is 119 Å². The van der Waals surface area contributed by atoms with Crippen LogP contribution in [-0.4, -0.2) is 39.2 Å². The fraction of sp³-hybridized carbons (Fsp3) is 0.391. The molecule has 0 aromatic heterocycles. The van der Waals surface area contributed by atoms with Gasteiger partial charge in [-0.3, -0.25) is 4.79 Å². The molecule has 2 N–H and O–H groups in total. The number of hydrogen-bond donors (Lipinski definition) is 1. The Bertz CT molecular complexity index is 1070. The summed E-state index contributed by atoms with van der Waals surface area (Å²) in [4.78, 5) is 12.7. The first kappa shape index (κ1) is 22.9. The minimum Gasteiger partial charge on any atom is -0.383 e. The lowest BCUT2D eigenvalue weighted by atomic mass is 9.81. The predicted molar refractivity (Wildman–Crippen MR) is 117 cm³/mol. The number of benzene rings is 2. The molecule has 7 nitrogen and oxygen atoms in total. The largest absolute Gasteiger partial charge is 0.383 e. The van der Waals surface area contributed by atoms with E-state index in [1.54, 1.807) is 18.2 Å². The number of carbonyl (C=O) groups excluding carboxylic acids is 1. The van der Waals surface area contributed by atoms with Crippen molar-refractivity contribution in [1.29, 1.82) is 5.26 Å². The van der Waals surface area contributed by atoms with Crippen molar-refractivity contribution in [3.8, 4) is 22.9 Å². The van der Waals surface area contributed by atoms with E-state index in [9.17, 15) is 18.5 Å². The fourth-order valence-corrected chi connectivity index (χ4v) is 4.08. The molecule has 164 valence electrons. The van der Waals surface area contributed by atoms with Crippen molar-refractivity contribution in [1.82, 2.24) is 0 Å². The molecule has 8 heteroatoms. The Morgan fingerprint density at radius 3 is 2.48 bits per heavy atom. The van der Waals surface area contributed by atoms with Crippen molar-refractivity contribution in [3.63, 3.8) is 0 Å². The molecule has 0 spiro atoms. The van der Waals surface area contributed by atoms with Gasteiger partial charge in [-0.2, -0.15) is 13.7 Å². The molecule has 1 aliphatic rings. The van der Waals surface area contributed by atoms with Gasteiger partial charge in [0.15, 0.2) is 5.78 Å². The number of nitrogens with zero attached hydrogens (tertiary/aromatic N) is 1. The molecule has 1 saturated heterocycles. The second kappa shape index (κ2) is 9.60. The zero-order chi connectivity index (χ0) is 22.5. The van der Waals surface area contributed by atoms with Crippen LogP contribution in [0.3, 0.4) is 0 Å². The van der Waals surface area contributed by atoms with Crippen LogP contribution in [0, 0.1) is 17.2 Å². The maximum atomic E-state index is 12.7. The zero-order valence-electron chi connectivity index (χ0n) is 17.4. The second-order valence-corrected chi connectivity index (χ2v) is 9.51. The van der Waals surface area contributed by atoms with Gasteiger partial charge in [-0.25, -0.2) is 0 Å². The highest BCUT2D eigenvalue weighted by atomic mass is 32.2. The van der Waals surface area contributed by atoms with Gasteiger partial charge in [-0.1, -0.05) is 36.4 Å². The van der Waals surface area contributed by atoms with Gasteiger partial charge in [-0.05, 0) is 48.1 Å². The molecular weight excluding hydrogens is 416 g/mol. The summed E-state index contributed by atoms with van der Waals surface area (Å²) in [5, 5.41) is 9.54. The average Bonchev–Trinajstić information content (AvgIpc) is 2.73. The van der Waals surface area contributed by atoms with Gasteiger partial charge in [-0.15, -0.1) is 0 Å². The lowest BCUT2D eigenvalue weighted by Crippen LogP contribution is -2.52. The summed E-state index contributed by atoms with van der Waals surface area (Å²) in [6.07, 6.45) is 2.55. The Balaban J connectivity index is 1.66. The lowest BCUT2D eigenvalue weighted by Gasteiger charge is -2.32. The SMILES string of the molecule is CS(=O)(=O)Oc1cccc(-c2ccc(C[C@@H](C#N)CC(=O)C3(N)CCOCC3)cc2)c1. The van der Waals surface area contributed by atoms with Gasteiger partial charge in [0, 0.05) is 19.6 Å². The number of nitriles is 1. The molecule has 1 atom stereocenters. The molecule has 2 aromatic rings. The van der Waals surface area contributed by atoms with Crippen molar-refractivity contribution in [2.24, 2.45) is 11.7 Å². The minimum absolute atomic E-state index is 0.0818. The molecular formula is C23H26N2O5S. The molecule has 0 bridgehead atoms. The predicted octanol–water partition coefficient (Wildman–Crippen LogP) is 2.84. The summed E-state index contributed by atoms with van der Waals surface area (Å²) in [7, 11) is -3.60. The summed E-state index contributed by atoms with van der Waals surface area (Å²) in [6.45, 7) is 0.939. The molecule has 3 rings (SSSR count). The number of hydrogen-bond acceptors (Lipinski definition) is 7. The lowest BCUT2D eigenvalue weighted by molar-refractivity contribution is -0.128. The monoisotopic (exact) mass is 442 g/mol. The van der Waals surface area contributed by atoms with Crippen molar-refractivity contribution in [2.45, 2.75) is 31.2 Å². The van der Waals surface area contributed by atoms with E-state index in [4.69, 9.17) is 14.7 Å². The smallest absolute Gasteiger partial charge is 0.306 e. The summed E-state index contributed by atoms with van der Waals surface area (Å²) >= 11 is 0. The van der Waals surface area contributed by atoms with Crippen molar-refractivity contribution in [3.05, 3.63) is 54.1 Å². The molecule has 2 aromatic carbocycles. The van der Waals surface area contributed by atoms with Crippen LogP contribution in [0.2, 0.25) is 0 Å². The molecule has 0 amide bonds.